The number of methoxy groups -OCH3 is 1. The van der Waals surface area contributed by atoms with Crippen LogP contribution in [0.1, 0.15) is 15.9 Å². The number of nitrogens with two attached hydrogens (primary N) is 1. The summed E-state index contributed by atoms with van der Waals surface area (Å²) >= 11 is 3.36. The number of ether oxygens (including phenoxy) is 1. The Hall–Kier alpha value is -2.01. The molecule has 0 saturated carbocycles. The second-order valence-electron chi connectivity index (χ2n) is 4.39. The lowest BCUT2D eigenvalue weighted by atomic mass is 10.1. The van der Waals surface area contributed by atoms with E-state index in [-0.39, 0.29) is 5.91 Å². The number of carbonyl (C=O) groups is 1. The summed E-state index contributed by atoms with van der Waals surface area (Å²) < 4.78 is 6.02. The van der Waals surface area contributed by atoms with Crippen LogP contribution in [0, 0.1) is 6.92 Å². The molecule has 0 aliphatic carbocycles. The lowest BCUT2D eigenvalue weighted by Gasteiger charge is -2.10. The molecule has 0 radical (unpaired) electrons. The van der Waals surface area contributed by atoms with Gasteiger partial charge >= 0.3 is 0 Å². The molecule has 0 spiro atoms. The van der Waals surface area contributed by atoms with Gasteiger partial charge in [0.1, 0.15) is 5.75 Å². The van der Waals surface area contributed by atoms with Crippen LogP contribution in [-0.4, -0.2) is 13.0 Å². The standard InChI is InChI=1S/C15H15BrN2O2/c1-9-3-5-11(13(17)7-9)15(19)18-10-4-6-12(16)14(8-10)20-2/h3-8H,17H2,1-2H3,(H,18,19). The molecule has 2 aromatic carbocycles. The van der Waals surface area contributed by atoms with Crippen molar-refractivity contribution in [1.29, 1.82) is 0 Å². The van der Waals surface area contributed by atoms with Crippen LogP contribution in [-0.2, 0) is 0 Å². The third-order valence-corrected chi connectivity index (χ3v) is 3.52. The first-order valence-corrected chi connectivity index (χ1v) is 6.81. The van der Waals surface area contributed by atoms with E-state index in [4.69, 9.17) is 10.5 Å². The predicted molar refractivity (Wildman–Crippen MR) is 84.2 cm³/mol. The molecular weight excluding hydrogens is 320 g/mol. The van der Waals surface area contributed by atoms with Crippen LogP contribution in [0.5, 0.6) is 5.75 Å². The minimum atomic E-state index is -0.244. The molecule has 0 aliphatic heterocycles. The van der Waals surface area contributed by atoms with Gasteiger partial charge < -0.3 is 15.8 Å². The van der Waals surface area contributed by atoms with Crippen molar-refractivity contribution in [2.75, 3.05) is 18.2 Å². The molecule has 3 N–H and O–H groups in total. The second kappa shape index (κ2) is 5.96. The number of nitrogen functional groups attached to an aromatic ring is 1. The van der Waals surface area contributed by atoms with Gasteiger partial charge in [-0.25, -0.2) is 0 Å². The van der Waals surface area contributed by atoms with Gasteiger partial charge in [0.05, 0.1) is 17.1 Å². The van der Waals surface area contributed by atoms with Crippen molar-refractivity contribution in [3.8, 4) is 5.75 Å². The third-order valence-electron chi connectivity index (χ3n) is 2.86. The average Bonchev–Trinajstić information content (AvgIpc) is 2.40. The Morgan fingerprint density at radius 3 is 2.65 bits per heavy atom. The maximum Gasteiger partial charge on any atom is 0.257 e. The predicted octanol–water partition coefficient (Wildman–Crippen LogP) is 3.60. The van der Waals surface area contributed by atoms with Gasteiger partial charge in [-0.1, -0.05) is 6.07 Å². The van der Waals surface area contributed by atoms with Crippen LogP contribution in [0.2, 0.25) is 0 Å². The maximum absolute atomic E-state index is 12.2. The number of rotatable bonds is 3. The highest BCUT2D eigenvalue weighted by atomic mass is 79.9. The highest BCUT2D eigenvalue weighted by Crippen LogP contribution is 2.28. The molecule has 104 valence electrons. The summed E-state index contributed by atoms with van der Waals surface area (Å²) in [7, 11) is 1.57. The Bertz CT molecular complexity index is 656. The first kappa shape index (κ1) is 14.4. The highest BCUT2D eigenvalue weighted by molar-refractivity contribution is 9.10. The summed E-state index contributed by atoms with van der Waals surface area (Å²) in [4.78, 5) is 12.2. The molecule has 0 aliphatic rings. The fourth-order valence-electron chi connectivity index (χ4n) is 1.82. The van der Waals surface area contributed by atoms with Crippen LogP contribution in [0.25, 0.3) is 0 Å². The number of nitrogens with one attached hydrogen (secondary N) is 1. The number of halogens is 1. The number of amides is 1. The molecule has 0 saturated heterocycles. The molecule has 1 amide bonds. The molecule has 0 atom stereocenters. The summed E-state index contributed by atoms with van der Waals surface area (Å²) in [6, 6.07) is 10.7. The van der Waals surface area contributed by atoms with Gasteiger partial charge in [-0.3, -0.25) is 4.79 Å². The molecule has 0 aromatic heterocycles. The minimum absolute atomic E-state index is 0.244. The third kappa shape index (κ3) is 3.11. The van der Waals surface area contributed by atoms with Crippen molar-refractivity contribution >= 4 is 33.2 Å². The van der Waals surface area contributed by atoms with Gasteiger partial charge in [-0.05, 0) is 52.7 Å². The second-order valence-corrected chi connectivity index (χ2v) is 5.25. The molecule has 20 heavy (non-hydrogen) atoms. The van der Waals surface area contributed by atoms with Gasteiger partial charge in [0.25, 0.3) is 5.91 Å². The van der Waals surface area contributed by atoms with Gasteiger partial charge in [0.2, 0.25) is 0 Å². The van der Waals surface area contributed by atoms with E-state index < -0.39 is 0 Å². The van der Waals surface area contributed by atoms with E-state index in [1.54, 1.807) is 31.4 Å². The summed E-state index contributed by atoms with van der Waals surface area (Å²) in [6.45, 7) is 1.93. The summed E-state index contributed by atoms with van der Waals surface area (Å²) in [5, 5.41) is 2.80. The quantitative estimate of drug-likeness (QED) is 0.843. The van der Waals surface area contributed by atoms with Crippen molar-refractivity contribution in [1.82, 2.24) is 0 Å². The lowest BCUT2D eigenvalue weighted by molar-refractivity contribution is 0.102. The van der Waals surface area contributed by atoms with Crippen molar-refractivity contribution < 1.29 is 9.53 Å². The molecule has 0 fully saturated rings. The Morgan fingerprint density at radius 2 is 2.00 bits per heavy atom. The topological polar surface area (TPSA) is 64.3 Å². The molecule has 0 bridgehead atoms. The van der Waals surface area contributed by atoms with E-state index in [2.05, 4.69) is 21.2 Å². The number of anilines is 2. The zero-order valence-electron chi connectivity index (χ0n) is 11.2. The molecule has 2 aromatic rings. The zero-order valence-corrected chi connectivity index (χ0v) is 12.8. The van der Waals surface area contributed by atoms with Gasteiger partial charge in [-0.2, -0.15) is 0 Å². The minimum Gasteiger partial charge on any atom is -0.495 e. The molecular formula is C15H15BrN2O2. The van der Waals surface area contributed by atoms with E-state index in [0.717, 1.165) is 10.0 Å². The fourth-order valence-corrected chi connectivity index (χ4v) is 2.23. The van der Waals surface area contributed by atoms with Crippen LogP contribution in [0.3, 0.4) is 0 Å². The SMILES string of the molecule is COc1cc(NC(=O)c2ccc(C)cc2N)ccc1Br. The van der Waals surface area contributed by atoms with E-state index in [1.807, 2.05) is 19.1 Å². The normalized spacial score (nSPS) is 10.2. The van der Waals surface area contributed by atoms with E-state index >= 15 is 0 Å². The van der Waals surface area contributed by atoms with Gasteiger partial charge in [-0.15, -0.1) is 0 Å². The van der Waals surface area contributed by atoms with Crippen LogP contribution >= 0.6 is 15.9 Å². The first-order chi connectivity index (χ1) is 9.51. The first-order valence-electron chi connectivity index (χ1n) is 6.02. The monoisotopic (exact) mass is 334 g/mol. The van der Waals surface area contributed by atoms with Gasteiger partial charge in [0, 0.05) is 17.4 Å². The Morgan fingerprint density at radius 1 is 1.25 bits per heavy atom. The van der Waals surface area contributed by atoms with Crippen molar-refractivity contribution in [2.24, 2.45) is 0 Å². The zero-order chi connectivity index (χ0) is 14.7. The number of hydrogen-bond acceptors (Lipinski definition) is 3. The Kier molecular flexibility index (Phi) is 4.29. The van der Waals surface area contributed by atoms with Crippen molar-refractivity contribution in [3.05, 3.63) is 52.0 Å². The molecule has 0 unspecified atom stereocenters. The highest BCUT2D eigenvalue weighted by Gasteiger charge is 2.11. The van der Waals surface area contributed by atoms with E-state index in [9.17, 15) is 4.79 Å². The van der Waals surface area contributed by atoms with Crippen LogP contribution in [0.4, 0.5) is 11.4 Å². The molecule has 5 heteroatoms. The van der Waals surface area contributed by atoms with Gasteiger partial charge in [0.15, 0.2) is 0 Å². The maximum atomic E-state index is 12.2. The van der Waals surface area contributed by atoms with E-state index in [0.29, 0.717) is 22.7 Å². The van der Waals surface area contributed by atoms with Crippen molar-refractivity contribution in [2.45, 2.75) is 6.92 Å². The molecule has 2 rings (SSSR count). The average molecular weight is 335 g/mol. The summed E-state index contributed by atoms with van der Waals surface area (Å²) in [6.07, 6.45) is 0. The summed E-state index contributed by atoms with van der Waals surface area (Å²) in [5.41, 5.74) is 8.45. The number of hydrogen-bond donors (Lipinski definition) is 2. The summed E-state index contributed by atoms with van der Waals surface area (Å²) in [5.74, 6) is 0.409. The Balaban J connectivity index is 2.23. The number of benzene rings is 2. The van der Waals surface area contributed by atoms with Crippen LogP contribution < -0.4 is 15.8 Å². The molecule has 0 heterocycles. The van der Waals surface area contributed by atoms with Crippen LogP contribution in [0.15, 0.2) is 40.9 Å². The van der Waals surface area contributed by atoms with Crippen molar-refractivity contribution in [3.63, 3.8) is 0 Å². The lowest BCUT2D eigenvalue weighted by Crippen LogP contribution is -2.14. The fraction of sp³-hybridized carbons (Fsp3) is 0.133. The number of aryl methyl sites for hydroxylation is 1. The molecule has 4 nitrogen and oxygen atoms in total. The smallest absolute Gasteiger partial charge is 0.257 e. The largest absolute Gasteiger partial charge is 0.495 e. The number of carbonyl (C=O) groups excluding carboxylic acids is 1. The Labute approximate surface area is 126 Å². The van der Waals surface area contributed by atoms with E-state index in [1.165, 1.54) is 0 Å².